The molecule has 1 fully saturated rings. The predicted octanol–water partition coefficient (Wildman–Crippen LogP) is 2.24. The number of pyridine rings is 1. The summed E-state index contributed by atoms with van der Waals surface area (Å²) in [7, 11) is 0. The van der Waals surface area contributed by atoms with Gasteiger partial charge in [-0.2, -0.15) is 0 Å². The Kier molecular flexibility index (Phi) is 4.18. The van der Waals surface area contributed by atoms with Gasteiger partial charge in [0, 0.05) is 24.1 Å². The van der Waals surface area contributed by atoms with Gasteiger partial charge in [0.1, 0.15) is 6.04 Å². The molecule has 3 N–H and O–H groups in total. The van der Waals surface area contributed by atoms with Crippen LogP contribution < -0.4 is 16.2 Å². The molecule has 0 bridgehead atoms. The van der Waals surface area contributed by atoms with E-state index in [2.05, 4.69) is 28.1 Å². The van der Waals surface area contributed by atoms with Crippen molar-refractivity contribution in [1.29, 1.82) is 0 Å². The Labute approximate surface area is 130 Å². The average molecular weight is 296 g/mol. The van der Waals surface area contributed by atoms with E-state index >= 15 is 0 Å². The summed E-state index contributed by atoms with van der Waals surface area (Å²) in [5.41, 5.74) is 10.6. The van der Waals surface area contributed by atoms with Crippen LogP contribution in [0.25, 0.3) is 0 Å². The number of rotatable bonds is 3. The van der Waals surface area contributed by atoms with Crippen LogP contribution in [-0.2, 0) is 4.79 Å². The minimum absolute atomic E-state index is 0.0210. The van der Waals surface area contributed by atoms with Crippen LogP contribution in [0.4, 0.5) is 5.69 Å². The zero-order chi connectivity index (χ0) is 15.5. The molecule has 2 unspecified atom stereocenters. The van der Waals surface area contributed by atoms with Crippen LogP contribution in [0.2, 0.25) is 0 Å². The van der Waals surface area contributed by atoms with Gasteiger partial charge in [0.2, 0.25) is 5.91 Å². The van der Waals surface area contributed by atoms with Crippen molar-refractivity contribution in [2.45, 2.75) is 32.4 Å². The lowest BCUT2D eigenvalue weighted by atomic mass is 10.0. The number of carbonyl (C=O) groups excluding carboxylic acids is 1. The van der Waals surface area contributed by atoms with Crippen molar-refractivity contribution in [1.82, 2.24) is 15.8 Å². The molecular formula is C17H20N4O. The highest BCUT2D eigenvalue weighted by Gasteiger charge is 2.30. The first kappa shape index (κ1) is 14.7. The molecule has 114 valence electrons. The van der Waals surface area contributed by atoms with E-state index in [0.717, 1.165) is 11.3 Å². The van der Waals surface area contributed by atoms with Crippen LogP contribution in [0.5, 0.6) is 0 Å². The van der Waals surface area contributed by atoms with Crippen molar-refractivity contribution >= 4 is 11.6 Å². The fourth-order valence-corrected chi connectivity index (χ4v) is 2.59. The number of aromatic nitrogens is 1. The summed E-state index contributed by atoms with van der Waals surface area (Å²) in [5, 5.41) is 2.97. The number of amides is 1. The van der Waals surface area contributed by atoms with Gasteiger partial charge in [-0.3, -0.25) is 9.78 Å². The maximum Gasteiger partial charge on any atom is 0.242 e. The summed E-state index contributed by atoms with van der Waals surface area (Å²) >= 11 is 0. The smallest absolute Gasteiger partial charge is 0.242 e. The predicted molar refractivity (Wildman–Crippen MR) is 86.2 cm³/mol. The van der Waals surface area contributed by atoms with Gasteiger partial charge in [-0.25, -0.2) is 10.9 Å². The van der Waals surface area contributed by atoms with Crippen molar-refractivity contribution < 1.29 is 4.79 Å². The van der Waals surface area contributed by atoms with Gasteiger partial charge in [0.05, 0.1) is 0 Å². The third kappa shape index (κ3) is 3.16. The number of nitrogens with zero attached hydrogens (tertiary/aromatic N) is 1. The molecule has 3 rings (SSSR count). The first-order valence-electron chi connectivity index (χ1n) is 7.42. The summed E-state index contributed by atoms with van der Waals surface area (Å²) in [6, 6.07) is 9.74. The third-order valence-electron chi connectivity index (χ3n) is 4.10. The fourth-order valence-electron chi connectivity index (χ4n) is 2.59. The van der Waals surface area contributed by atoms with Crippen molar-refractivity contribution in [3.8, 4) is 0 Å². The van der Waals surface area contributed by atoms with E-state index < -0.39 is 0 Å². The van der Waals surface area contributed by atoms with E-state index in [9.17, 15) is 4.79 Å². The summed E-state index contributed by atoms with van der Waals surface area (Å²) < 4.78 is 0. The first-order valence-corrected chi connectivity index (χ1v) is 7.42. The number of hydrogen-bond donors (Lipinski definition) is 3. The lowest BCUT2D eigenvalue weighted by molar-refractivity contribution is -0.117. The summed E-state index contributed by atoms with van der Waals surface area (Å²) in [4.78, 5) is 16.4. The average Bonchev–Trinajstić information content (AvgIpc) is 3.02. The van der Waals surface area contributed by atoms with E-state index in [1.54, 1.807) is 12.4 Å². The molecule has 1 aromatic heterocycles. The van der Waals surface area contributed by atoms with E-state index in [1.807, 2.05) is 37.3 Å². The SMILES string of the molecule is Cc1ccc(NC(=O)C2CC(c3ccncc3)NN2)cc1C. The van der Waals surface area contributed by atoms with Gasteiger partial charge in [0.25, 0.3) is 0 Å². The quantitative estimate of drug-likeness (QED) is 0.813. The van der Waals surface area contributed by atoms with Crippen LogP contribution in [0.15, 0.2) is 42.7 Å². The fraction of sp³-hybridized carbons (Fsp3) is 0.294. The van der Waals surface area contributed by atoms with Gasteiger partial charge in [0.15, 0.2) is 0 Å². The summed E-state index contributed by atoms with van der Waals surface area (Å²) in [5.74, 6) is -0.0210. The molecule has 0 saturated carbocycles. The van der Waals surface area contributed by atoms with Gasteiger partial charge in [-0.15, -0.1) is 0 Å². The van der Waals surface area contributed by atoms with Crippen molar-refractivity contribution in [3.05, 3.63) is 59.4 Å². The molecule has 0 aliphatic carbocycles. The van der Waals surface area contributed by atoms with Crippen molar-refractivity contribution in [2.75, 3.05) is 5.32 Å². The van der Waals surface area contributed by atoms with Crippen LogP contribution in [-0.4, -0.2) is 16.9 Å². The second-order valence-corrected chi connectivity index (χ2v) is 5.70. The summed E-state index contributed by atoms with van der Waals surface area (Å²) in [6.07, 6.45) is 4.24. The lowest BCUT2D eigenvalue weighted by Gasteiger charge is -2.12. The van der Waals surface area contributed by atoms with Crippen LogP contribution >= 0.6 is 0 Å². The minimum atomic E-state index is -0.250. The Morgan fingerprint density at radius 1 is 1.14 bits per heavy atom. The number of hydrogen-bond acceptors (Lipinski definition) is 4. The Bertz CT molecular complexity index is 672. The molecular weight excluding hydrogens is 276 g/mol. The van der Waals surface area contributed by atoms with E-state index in [-0.39, 0.29) is 18.0 Å². The second-order valence-electron chi connectivity index (χ2n) is 5.70. The molecule has 2 aromatic rings. The molecule has 22 heavy (non-hydrogen) atoms. The standard InChI is InChI=1S/C17H20N4O/c1-11-3-4-14(9-12(11)2)19-17(22)16-10-15(20-21-16)13-5-7-18-8-6-13/h3-9,15-16,20-21H,10H2,1-2H3,(H,19,22). The third-order valence-corrected chi connectivity index (χ3v) is 4.10. The lowest BCUT2D eigenvalue weighted by Crippen LogP contribution is -2.39. The van der Waals surface area contributed by atoms with Gasteiger partial charge in [-0.05, 0) is 61.2 Å². The number of nitrogens with one attached hydrogen (secondary N) is 3. The molecule has 5 nitrogen and oxygen atoms in total. The largest absolute Gasteiger partial charge is 0.325 e. The topological polar surface area (TPSA) is 66.0 Å². The van der Waals surface area contributed by atoms with E-state index in [4.69, 9.17) is 0 Å². The Balaban J connectivity index is 1.63. The van der Waals surface area contributed by atoms with E-state index in [0.29, 0.717) is 6.42 Å². The maximum absolute atomic E-state index is 12.4. The first-order chi connectivity index (χ1) is 10.6. The van der Waals surface area contributed by atoms with Gasteiger partial charge < -0.3 is 5.32 Å². The van der Waals surface area contributed by atoms with Gasteiger partial charge >= 0.3 is 0 Å². The molecule has 1 aliphatic heterocycles. The normalized spacial score (nSPS) is 20.8. The van der Waals surface area contributed by atoms with Gasteiger partial charge in [-0.1, -0.05) is 6.07 Å². The highest BCUT2D eigenvalue weighted by atomic mass is 16.2. The molecule has 0 spiro atoms. The van der Waals surface area contributed by atoms with E-state index in [1.165, 1.54) is 11.1 Å². The molecule has 1 amide bonds. The zero-order valence-electron chi connectivity index (χ0n) is 12.8. The van der Waals surface area contributed by atoms with Crippen LogP contribution in [0.3, 0.4) is 0 Å². The monoisotopic (exact) mass is 296 g/mol. The number of aryl methyl sites for hydroxylation is 2. The number of hydrazine groups is 1. The number of benzene rings is 1. The van der Waals surface area contributed by atoms with Crippen molar-refractivity contribution in [3.63, 3.8) is 0 Å². The Morgan fingerprint density at radius 2 is 1.91 bits per heavy atom. The van der Waals surface area contributed by atoms with Crippen LogP contribution in [0, 0.1) is 13.8 Å². The number of anilines is 1. The van der Waals surface area contributed by atoms with Crippen LogP contribution in [0.1, 0.15) is 29.2 Å². The Hall–Kier alpha value is -2.24. The summed E-state index contributed by atoms with van der Waals surface area (Å²) in [6.45, 7) is 4.10. The zero-order valence-corrected chi connectivity index (χ0v) is 12.8. The van der Waals surface area contributed by atoms with Crippen molar-refractivity contribution in [2.24, 2.45) is 0 Å². The molecule has 2 atom stereocenters. The highest BCUT2D eigenvalue weighted by Crippen LogP contribution is 2.22. The molecule has 1 saturated heterocycles. The highest BCUT2D eigenvalue weighted by molar-refractivity contribution is 5.95. The number of carbonyl (C=O) groups is 1. The molecule has 0 radical (unpaired) electrons. The molecule has 1 aliphatic rings. The molecule has 1 aromatic carbocycles. The minimum Gasteiger partial charge on any atom is -0.325 e. The Morgan fingerprint density at radius 3 is 2.64 bits per heavy atom. The second kappa shape index (κ2) is 6.25. The maximum atomic E-state index is 12.4. The molecule has 2 heterocycles. The molecule has 5 heteroatoms.